The second kappa shape index (κ2) is 7.29. The number of aliphatic hydroxyl groups is 1. The standard InChI is InChI=1S/C19H21NO3/c21-13-12-20(11-10-15-6-2-1-3-7-15)19(22)17-14-23-18-9-5-4-8-16(17)18/h1-9,17,21H,10-14H2. The lowest BCUT2D eigenvalue weighted by atomic mass is 9.99. The first-order chi connectivity index (χ1) is 11.3. The largest absolute Gasteiger partial charge is 0.492 e. The van der Waals surface area contributed by atoms with Crippen LogP contribution < -0.4 is 4.74 Å². The van der Waals surface area contributed by atoms with Crippen molar-refractivity contribution in [3.05, 3.63) is 65.7 Å². The monoisotopic (exact) mass is 311 g/mol. The molecule has 4 heteroatoms. The van der Waals surface area contributed by atoms with E-state index in [-0.39, 0.29) is 18.4 Å². The van der Waals surface area contributed by atoms with Crippen molar-refractivity contribution in [2.24, 2.45) is 0 Å². The average Bonchev–Trinajstić information content (AvgIpc) is 3.03. The summed E-state index contributed by atoms with van der Waals surface area (Å²) in [6.07, 6.45) is 0.780. The SMILES string of the molecule is O=C(C1COc2ccccc21)N(CCO)CCc1ccccc1. The predicted octanol–water partition coefficient (Wildman–Crippen LogP) is 2.23. The quantitative estimate of drug-likeness (QED) is 0.890. The Bertz CT molecular complexity index is 657. The Balaban J connectivity index is 1.70. The minimum atomic E-state index is -0.270. The van der Waals surface area contributed by atoms with E-state index in [0.29, 0.717) is 19.7 Å². The Morgan fingerprint density at radius 1 is 1.09 bits per heavy atom. The number of ether oxygens (including phenoxy) is 1. The fourth-order valence-electron chi connectivity index (χ4n) is 2.95. The third-order valence-electron chi connectivity index (χ3n) is 4.19. The van der Waals surface area contributed by atoms with E-state index in [1.54, 1.807) is 4.90 Å². The number of carbonyl (C=O) groups excluding carboxylic acids is 1. The summed E-state index contributed by atoms with van der Waals surface area (Å²) in [4.78, 5) is 14.6. The summed E-state index contributed by atoms with van der Waals surface area (Å²) in [7, 11) is 0. The van der Waals surface area contributed by atoms with Gasteiger partial charge in [-0.3, -0.25) is 4.79 Å². The maximum atomic E-state index is 12.9. The zero-order chi connectivity index (χ0) is 16.1. The normalized spacial score (nSPS) is 15.8. The minimum Gasteiger partial charge on any atom is -0.492 e. The second-order valence-electron chi connectivity index (χ2n) is 5.69. The molecule has 0 aromatic heterocycles. The van der Waals surface area contributed by atoms with E-state index in [9.17, 15) is 9.90 Å². The van der Waals surface area contributed by atoms with E-state index >= 15 is 0 Å². The van der Waals surface area contributed by atoms with Gasteiger partial charge in [0.05, 0.1) is 6.61 Å². The summed E-state index contributed by atoms with van der Waals surface area (Å²) in [5.74, 6) is 0.548. The Morgan fingerprint density at radius 2 is 1.83 bits per heavy atom. The smallest absolute Gasteiger partial charge is 0.233 e. The van der Waals surface area contributed by atoms with Crippen molar-refractivity contribution in [1.82, 2.24) is 4.90 Å². The molecule has 23 heavy (non-hydrogen) atoms. The minimum absolute atomic E-state index is 0.0277. The van der Waals surface area contributed by atoms with E-state index in [2.05, 4.69) is 12.1 Å². The van der Waals surface area contributed by atoms with Crippen molar-refractivity contribution in [3.8, 4) is 5.75 Å². The lowest BCUT2D eigenvalue weighted by Crippen LogP contribution is -2.39. The van der Waals surface area contributed by atoms with Crippen LogP contribution in [0.1, 0.15) is 17.0 Å². The maximum Gasteiger partial charge on any atom is 0.233 e. The molecule has 2 aromatic rings. The number of rotatable bonds is 6. The van der Waals surface area contributed by atoms with Crippen LogP contribution in [0.2, 0.25) is 0 Å². The number of hydrogen-bond donors (Lipinski definition) is 1. The second-order valence-corrected chi connectivity index (χ2v) is 5.69. The van der Waals surface area contributed by atoms with Gasteiger partial charge in [-0.15, -0.1) is 0 Å². The van der Waals surface area contributed by atoms with Crippen LogP contribution >= 0.6 is 0 Å². The Kier molecular flexibility index (Phi) is 4.93. The Labute approximate surface area is 136 Å². The van der Waals surface area contributed by atoms with Crippen LogP contribution in [0, 0.1) is 0 Å². The summed E-state index contributed by atoms with van der Waals surface area (Å²) >= 11 is 0. The molecule has 0 saturated heterocycles. The first-order valence-electron chi connectivity index (χ1n) is 7.95. The van der Waals surface area contributed by atoms with E-state index in [0.717, 1.165) is 17.7 Å². The van der Waals surface area contributed by atoms with Gasteiger partial charge in [0.25, 0.3) is 0 Å². The number of fused-ring (bicyclic) bond motifs is 1. The molecule has 1 unspecified atom stereocenters. The predicted molar refractivity (Wildman–Crippen MR) is 88.5 cm³/mol. The number of hydrogen-bond acceptors (Lipinski definition) is 3. The zero-order valence-electron chi connectivity index (χ0n) is 13.0. The lowest BCUT2D eigenvalue weighted by Gasteiger charge is -2.24. The van der Waals surface area contributed by atoms with Crippen molar-refractivity contribution in [2.45, 2.75) is 12.3 Å². The highest BCUT2D eigenvalue weighted by Gasteiger charge is 2.32. The number of aliphatic hydroxyl groups excluding tert-OH is 1. The first-order valence-corrected chi connectivity index (χ1v) is 7.95. The number of carbonyl (C=O) groups is 1. The zero-order valence-corrected chi connectivity index (χ0v) is 13.0. The molecule has 0 aliphatic carbocycles. The molecule has 1 atom stereocenters. The van der Waals surface area contributed by atoms with Gasteiger partial charge in [-0.05, 0) is 18.1 Å². The van der Waals surface area contributed by atoms with Gasteiger partial charge in [0.15, 0.2) is 0 Å². The third-order valence-corrected chi connectivity index (χ3v) is 4.19. The number of benzene rings is 2. The fourth-order valence-corrected chi connectivity index (χ4v) is 2.95. The van der Waals surface area contributed by atoms with Gasteiger partial charge in [-0.1, -0.05) is 48.5 Å². The Hall–Kier alpha value is -2.33. The van der Waals surface area contributed by atoms with Crippen LogP contribution in [0.3, 0.4) is 0 Å². The molecule has 1 aliphatic rings. The van der Waals surface area contributed by atoms with Gasteiger partial charge >= 0.3 is 0 Å². The molecule has 0 saturated carbocycles. The van der Waals surface area contributed by atoms with Crippen LogP contribution in [0.25, 0.3) is 0 Å². The van der Waals surface area contributed by atoms with Crippen LogP contribution in [0.5, 0.6) is 5.75 Å². The first kappa shape index (κ1) is 15.6. The number of nitrogens with zero attached hydrogens (tertiary/aromatic N) is 1. The number of amides is 1. The fraction of sp³-hybridized carbons (Fsp3) is 0.316. The average molecular weight is 311 g/mol. The molecule has 4 nitrogen and oxygen atoms in total. The van der Waals surface area contributed by atoms with Gasteiger partial charge < -0.3 is 14.7 Å². The molecule has 1 aliphatic heterocycles. The van der Waals surface area contributed by atoms with E-state index < -0.39 is 0 Å². The highest BCUT2D eigenvalue weighted by Crippen LogP contribution is 2.34. The van der Waals surface area contributed by atoms with E-state index in [1.807, 2.05) is 42.5 Å². The molecule has 3 rings (SSSR count). The topological polar surface area (TPSA) is 49.8 Å². The molecule has 0 radical (unpaired) electrons. The van der Waals surface area contributed by atoms with Crippen LogP contribution in [-0.4, -0.2) is 42.2 Å². The summed E-state index contributed by atoms with van der Waals surface area (Å²) in [5, 5.41) is 9.30. The van der Waals surface area contributed by atoms with E-state index in [4.69, 9.17) is 4.74 Å². The molecular weight excluding hydrogens is 290 g/mol. The van der Waals surface area contributed by atoms with Crippen LogP contribution in [0.4, 0.5) is 0 Å². The van der Waals surface area contributed by atoms with Crippen molar-refractivity contribution in [1.29, 1.82) is 0 Å². The van der Waals surface area contributed by atoms with Gasteiger partial charge in [0, 0.05) is 18.7 Å². The van der Waals surface area contributed by atoms with Crippen molar-refractivity contribution in [2.75, 3.05) is 26.3 Å². The molecule has 0 spiro atoms. The molecule has 1 heterocycles. The molecule has 0 bridgehead atoms. The molecular formula is C19H21NO3. The Morgan fingerprint density at radius 3 is 2.61 bits per heavy atom. The van der Waals surface area contributed by atoms with Gasteiger partial charge in [0.1, 0.15) is 18.3 Å². The van der Waals surface area contributed by atoms with Crippen LogP contribution in [-0.2, 0) is 11.2 Å². The molecule has 1 amide bonds. The lowest BCUT2D eigenvalue weighted by molar-refractivity contribution is -0.133. The highest BCUT2D eigenvalue weighted by molar-refractivity contribution is 5.85. The van der Waals surface area contributed by atoms with Crippen molar-refractivity contribution >= 4 is 5.91 Å². The third kappa shape index (κ3) is 3.54. The van der Waals surface area contributed by atoms with Gasteiger partial charge in [-0.2, -0.15) is 0 Å². The molecule has 2 aromatic carbocycles. The molecule has 120 valence electrons. The summed E-state index contributed by atoms with van der Waals surface area (Å²) in [5.41, 5.74) is 2.13. The highest BCUT2D eigenvalue weighted by atomic mass is 16.5. The van der Waals surface area contributed by atoms with Gasteiger partial charge in [0.2, 0.25) is 5.91 Å². The summed E-state index contributed by atoms with van der Waals surface area (Å²) < 4.78 is 5.61. The van der Waals surface area contributed by atoms with Crippen LogP contribution in [0.15, 0.2) is 54.6 Å². The van der Waals surface area contributed by atoms with Crippen molar-refractivity contribution < 1.29 is 14.6 Å². The summed E-state index contributed by atoms with van der Waals surface area (Å²) in [6.45, 7) is 1.30. The van der Waals surface area contributed by atoms with E-state index in [1.165, 1.54) is 5.56 Å². The van der Waals surface area contributed by atoms with Gasteiger partial charge in [-0.25, -0.2) is 0 Å². The number of para-hydroxylation sites is 1. The summed E-state index contributed by atoms with van der Waals surface area (Å²) in [6, 6.07) is 17.7. The maximum absolute atomic E-state index is 12.9. The molecule has 0 fully saturated rings. The molecule has 1 N–H and O–H groups in total. The van der Waals surface area contributed by atoms with Crippen molar-refractivity contribution in [3.63, 3.8) is 0 Å².